The summed E-state index contributed by atoms with van der Waals surface area (Å²) in [4.78, 5) is 12.4. The van der Waals surface area contributed by atoms with Crippen LogP contribution in [0.25, 0.3) is 16.9 Å². The van der Waals surface area contributed by atoms with Gasteiger partial charge in [-0.15, -0.1) is 10.2 Å². The van der Waals surface area contributed by atoms with E-state index in [4.69, 9.17) is 14.2 Å². The van der Waals surface area contributed by atoms with Gasteiger partial charge in [-0.25, -0.2) is 0 Å². The van der Waals surface area contributed by atoms with Gasteiger partial charge >= 0.3 is 0 Å². The van der Waals surface area contributed by atoms with Crippen molar-refractivity contribution < 1.29 is 19.0 Å². The molecule has 2 aromatic heterocycles. The Morgan fingerprint density at radius 3 is 2.91 bits per heavy atom. The Hall–Kier alpha value is -3.79. The Labute approximate surface area is 187 Å². The maximum atomic E-state index is 12.4. The first-order valence-electron chi connectivity index (χ1n) is 9.85. The quantitative estimate of drug-likeness (QED) is 0.430. The van der Waals surface area contributed by atoms with Gasteiger partial charge in [0.2, 0.25) is 17.9 Å². The van der Waals surface area contributed by atoms with Crippen molar-refractivity contribution in [2.75, 3.05) is 19.7 Å². The molecular formula is C22H19N5O4S. The topological polar surface area (TPSA) is 99.9 Å². The second kappa shape index (κ2) is 8.75. The predicted octanol–water partition coefficient (Wildman–Crippen LogP) is 2.94. The number of aromatic nitrogens is 4. The highest BCUT2D eigenvalue weighted by Gasteiger charge is 2.15. The van der Waals surface area contributed by atoms with Crippen molar-refractivity contribution in [3.8, 4) is 28.5 Å². The fraction of sp³-hybridized carbons (Fsp3) is 0.182. The normalized spacial score (nSPS) is 12.2. The molecule has 5 rings (SSSR count). The van der Waals surface area contributed by atoms with Gasteiger partial charge in [0, 0.05) is 12.1 Å². The molecule has 32 heavy (non-hydrogen) atoms. The van der Waals surface area contributed by atoms with Crippen LogP contribution in [0.1, 0.15) is 5.56 Å². The van der Waals surface area contributed by atoms with Crippen LogP contribution in [0.4, 0.5) is 0 Å². The molecule has 0 unspecified atom stereocenters. The lowest BCUT2D eigenvalue weighted by Crippen LogP contribution is -2.24. The van der Waals surface area contributed by atoms with Crippen LogP contribution >= 0.6 is 11.8 Å². The van der Waals surface area contributed by atoms with Gasteiger partial charge in [0.25, 0.3) is 0 Å². The molecule has 0 fully saturated rings. The molecule has 1 aliphatic rings. The van der Waals surface area contributed by atoms with Crippen LogP contribution in [0.3, 0.4) is 0 Å². The van der Waals surface area contributed by atoms with Crippen molar-refractivity contribution in [1.82, 2.24) is 25.1 Å². The van der Waals surface area contributed by atoms with Crippen LogP contribution in [0, 0.1) is 0 Å². The smallest absolute Gasteiger partial charge is 0.231 e. The minimum absolute atomic E-state index is 0.120. The third kappa shape index (κ3) is 4.04. The summed E-state index contributed by atoms with van der Waals surface area (Å²) in [6, 6.07) is 17.0. The zero-order valence-corrected chi connectivity index (χ0v) is 18.0. The molecule has 0 bridgehead atoms. The first-order valence-corrected chi connectivity index (χ1v) is 10.8. The van der Waals surface area contributed by atoms with Crippen molar-refractivity contribution in [2.45, 2.75) is 11.7 Å². The van der Waals surface area contributed by atoms with E-state index in [1.54, 1.807) is 11.6 Å². The van der Waals surface area contributed by atoms with E-state index in [1.807, 2.05) is 54.6 Å². The lowest BCUT2D eigenvalue weighted by atomic mass is 10.1. The van der Waals surface area contributed by atoms with E-state index < -0.39 is 0 Å². The third-order valence-electron chi connectivity index (χ3n) is 4.88. The highest BCUT2D eigenvalue weighted by atomic mass is 32.2. The monoisotopic (exact) mass is 449 g/mol. The number of carbonyl (C=O) groups is 1. The Morgan fingerprint density at radius 1 is 1.12 bits per heavy atom. The Kier molecular flexibility index (Phi) is 5.51. The first-order chi connectivity index (χ1) is 15.7. The van der Waals surface area contributed by atoms with E-state index in [0.717, 1.165) is 22.6 Å². The molecule has 0 spiro atoms. The lowest BCUT2D eigenvalue weighted by Gasteiger charge is -2.08. The summed E-state index contributed by atoms with van der Waals surface area (Å²) in [5.41, 5.74) is 3.13. The van der Waals surface area contributed by atoms with Gasteiger partial charge < -0.3 is 19.5 Å². The number of rotatable bonds is 7. The molecule has 1 N–H and O–H groups in total. The minimum Gasteiger partial charge on any atom is -0.496 e. The summed E-state index contributed by atoms with van der Waals surface area (Å²) >= 11 is 1.27. The molecule has 1 aliphatic heterocycles. The lowest BCUT2D eigenvalue weighted by molar-refractivity contribution is -0.118. The largest absolute Gasteiger partial charge is 0.496 e. The van der Waals surface area contributed by atoms with E-state index in [-0.39, 0.29) is 18.5 Å². The van der Waals surface area contributed by atoms with Gasteiger partial charge in [0.05, 0.1) is 18.6 Å². The molecule has 0 atom stereocenters. The molecule has 2 aromatic carbocycles. The van der Waals surface area contributed by atoms with Crippen LogP contribution in [0.2, 0.25) is 0 Å². The average molecular weight is 449 g/mol. The van der Waals surface area contributed by atoms with Gasteiger partial charge in [-0.1, -0.05) is 30.0 Å². The molecule has 0 saturated carbocycles. The summed E-state index contributed by atoms with van der Waals surface area (Å²) in [5, 5.41) is 16.4. The third-order valence-corrected chi connectivity index (χ3v) is 5.80. The van der Waals surface area contributed by atoms with Crippen molar-refractivity contribution in [3.05, 3.63) is 60.2 Å². The number of hydrogen-bond acceptors (Lipinski definition) is 8. The van der Waals surface area contributed by atoms with Crippen LogP contribution in [0.5, 0.6) is 17.2 Å². The number of para-hydroxylation sites is 1. The number of ether oxygens (including phenoxy) is 3. The molecule has 162 valence electrons. The fourth-order valence-electron chi connectivity index (χ4n) is 3.29. The average Bonchev–Trinajstić information content (AvgIpc) is 3.47. The van der Waals surface area contributed by atoms with Crippen LogP contribution in [-0.2, 0) is 11.3 Å². The van der Waals surface area contributed by atoms with E-state index in [0.29, 0.717) is 28.8 Å². The number of amides is 1. The number of hydrogen-bond donors (Lipinski definition) is 1. The molecule has 0 saturated heterocycles. The zero-order valence-electron chi connectivity index (χ0n) is 17.1. The molecule has 4 aromatic rings. The molecule has 0 aliphatic carbocycles. The van der Waals surface area contributed by atoms with Gasteiger partial charge in [-0.05, 0) is 42.0 Å². The second-order valence-electron chi connectivity index (χ2n) is 6.92. The van der Waals surface area contributed by atoms with Crippen LogP contribution in [0.15, 0.2) is 59.8 Å². The first kappa shape index (κ1) is 20.1. The second-order valence-corrected chi connectivity index (χ2v) is 7.87. The molecule has 10 heteroatoms. The Balaban J connectivity index is 1.25. The fourth-order valence-corrected chi connectivity index (χ4v) is 4.01. The Morgan fingerprint density at radius 2 is 2.00 bits per heavy atom. The highest BCUT2D eigenvalue weighted by molar-refractivity contribution is 7.99. The number of nitrogens with one attached hydrogen (secondary N) is 1. The van der Waals surface area contributed by atoms with Crippen LogP contribution in [-0.4, -0.2) is 45.4 Å². The summed E-state index contributed by atoms with van der Waals surface area (Å²) in [5.74, 6) is 2.20. The standard InChI is InChI=1S/C22H19N5O4S/c1-29-17-5-3-2-4-15(17)16-7-9-20-24-25-22(27(20)26-16)32-12-21(28)23-11-14-6-8-18-19(10-14)31-13-30-18/h2-10H,11-13H2,1H3,(H,23,28). The summed E-state index contributed by atoms with van der Waals surface area (Å²) in [6.07, 6.45) is 0. The zero-order chi connectivity index (χ0) is 21.9. The van der Waals surface area contributed by atoms with Gasteiger partial charge in [-0.3, -0.25) is 4.79 Å². The Bertz CT molecular complexity index is 1290. The van der Waals surface area contributed by atoms with Crippen molar-refractivity contribution in [1.29, 1.82) is 0 Å². The van der Waals surface area contributed by atoms with E-state index in [1.165, 1.54) is 11.8 Å². The van der Waals surface area contributed by atoms with E-state index in [2.05, 4.69) is 20.6 Å². The van der Waals surface area contributed by atoms with E-state index in [9.17, 15) is 4.79 Å². The number of nitrogens with zero attached hydrogens (tertiary/aromatic N) is 4. The maximum absolute atomic E-state index is 12.4. The van der Waals surface area contributed by atoms with Gasteiger partial charge in [0.15, 0.2) is 17.1 Å². The molecule has 9 nitrogen and oxygen atoms in total. The number of thioether (sulfide) groups is 1. The van der Waals surface area contributed by atoms with Crippen molar-refractivity contribution >= 4 is 23.3 Å². The molecule has 3 heterocycles. The summed E-state index contributed by atoms with van der Waals surface area (Å²) in [6.45, 7) is 0.619. The van der Waals surface area contributed by atoms with Crippen molar-refractivity contribution in [2.24, 2.45) is 0 Å². The number of benzene rings is 2. The van der Waals surface area contributed by atoms with Gasteiger partial charge in [0.1, 0.15) is 5.75 Å². The summed E-state index contributed by atoms with van der Waals surface area (Å²) in [7, 11) is 1.62. The van der Waals surface area contributed by atoms with Gasteiger partial charge in [-0.2, -0.15) is 9.61 Å². The molecule has 1 amide bonds. The van der Waals surface area contributed by atoms with E-state index >= 15 is 0 Å². The highest BCUT2D eigenvalue weighted by Crippen LogP contribution is 2.32. The number of carbonyl (C=O) groups excluding carboxylic acids is 1. The molecular weight excluding hydrogens is 430 g/mol. The minimum atomic E-state index is -0.120. The maximum Gasteiger partial charge on any atom is 0.231 e. The predicted molar refractivity (Wildman–Crippen MR) is 118 cm³/mol. The van der Waals surface area contributed by atoms with Crippen LogP contribution < -0.4 is 19.5 Å². The SMILES string of the molecule is COc1ccccc1-c1ccc2nnc(SCC(=O)NCc3ccc4c(c3)OCO4)n2n1. The summed E-state index contributed by atoms with van der Waals surface area (Å²) < 4.78 is 17.7. The van der Waals surface area contributed by atoms with Crippen molar-refractivity contribution in [3.63, 3.8) is 0 Å². The molecule has 0 radical (unpaired) electrons. The number of methoxy groups -OCH3 is 1. The number of fused-ring (bicyclic) bond motifs is 2.